The summed E-state index contributed by atoms with van der Waals surface area (Å²) in [6, 6.07) is 14.2. The first-order chi connectivity index (χ1) is 11.8. The zero-order chi connectivity index (χ0) is 16.1. The van der Waals surface area contributed by atoms with E-state index in [4.69, 9.17) is 4.74 Å². The smallest absolute Gasteiger partial charge is 0.348 e. The molecule has 5 rings (SSSR count). The van der Waals surface area contributed by atoms with E-state index in [9.17, 15) is 4.79 Å². The van der Waals surface area contributed by atoms with Crippen molar-refractivity contribution in [3.63, 3.8) is 0 Å². The highest BCUT2D eigenvalue weighted by Crippen LogP contribution is 2.36. The first-order valence-electron chi connectivity index (χ1n) is 8.55. The number of rotatable bonds is 3. The maximum Gasteiger partial charge on any atom is 0.348 e. The van der Waals surface area contributed by atoms with Gasteiger partial charge in [0.25, 0.3) is 0 Å². The molecule has 0 spiro atoms. The normalized spacial score (nSPS) is 16.2. The van der Waals surface area contributed by atoms with Crippen LogP contribution in [0.15, 0.2) is 47.3 Å². The second-order valence-corrected chi connectivity index (χ2v) is 6.74. The molecule has 4 heteroatoms. The molecule has 3 aromatic rings. The van der Waals surface area contributed by atoms with Gasteiger partial charge >= 0.3 is 5.69 Å². The van der Waals surface area contributed by atoms with Crippen LogP contribution in [0.2, 0.25) is 0 Å². The van der Waals surface area contributed by atoms with Crippen LogP contribution in [-0.2, 0) is 13.0 Å². The zero-order valence-corrected chi connectivity index (χ0v) is 13.4. The molecule has 2 aliphatic rings. The minimum atomic E-state index is -0.161. The lowest BCUT2D eigenvalue weighted by molar-refractivity contribution is 0.357. The van der Waals surface area contributed by atoms with Gasteiger partial charge in [-0.15, -0.1) is 0 Å². The van der Waals surface area contributed by atoms with Crippen molar-refractivity contribution in [2.24, 2.45) is 5.92 Å². The third-order valence-electron chi connectivity index (χ3n) is 4.98. The molecule has 2 heterocycles. The molecule has 1 aliphatic carbocycles. The van der Waals surface area contributed by atoms with Crippen molar-refractivity contribution in [2.45, 2.75) is 25.8 Å². The maximum atomic E-state index is 12.7. The van der Waals surface area contributed by atoms with Crippen molar-refractivity contribution < 1.29 is 4.74 Å². The highest BCUT2D eigenvalue weighted by molar-refractivity contribution is 5.94. The highest BCUT2D eigenvalue weighted by Gasteiger charge is 2.25. The SMILES string of the molecule is O=c1nc(-c2ccccc2)c2cc3c(cc2n1CC1CC1)OCC3. The van der Waals surface area contributed by atoms with E-state index in [0.29, 0.717) is 12.5 Å². The van der Waals surface area contributed by atoms with Gasteiger partial charge in [-0.25, -0.2) is 4.79 Å². The second kappa shape index (κ2) is 5.20. The summed E-state index contributed by atoms with van der Waals surface area (Å²) >= 11 is 0. The van der Waals surface area contributed by atoms with Gasteiger partial charge in [-0.3, -0.25) is 4.57 Å². The van der Waals surface area contributed by atoms with Crippen LogP contribution in [0.5, 0.6) is 5.75 Å². The van der Waals surface area contributed by atoms with Crippen LogP contribution in [-0.4, -0.2) is 16.2 Å². The van der Waals surface area contributed by atoms with Crippen molar-refractivity contribution in [3.05, 3.63) is 58.5 Å². The standard InChI is InChI=1S/C20H18N2O2/c23-20-21-19(14-4-2-1-3-5-14)16-10-15-8-9-24-18(15)11-17(16)22(20)12-13-6-7-13/h1-5,10-11,13H,6-9,12H2. The molecule has 120 valence electrons. The molecule has 4 nitrogen and oxygen atoms in total. The minimum Gasteiger partial charge on any atom is -0.493 e. The minimum absolute atomic E-state index is 0.161. The lowest BCUT2D eigenvalue weighted by atomic mass is 10.0. The number of fused-ring (bicyclic) bond motifs is 2. The molecule has 1 aromatic heterocycles. The molecule has 0 radical (unpaired) electrons. The van der Waals surface area contributed by atoms with E-state index in [0.717, 1.165) is 40.9 Å². The van der Waals surface area contributed by atoms with Gasteiger partial charge in [-0.1, -0.05) is 30.3 Å². The number of hydrogen-bond acceptors (Lipinski definition) is 3. The summed E-state index contributed by atoms with van der Waals surface area (Å²) in [5.41, 5.74) is 3.75. The Kier molecular flexibility index (Phi) is 2.98. The van der Waals surface area contributed by atoms with Crippen LogP contribution in [0.1, 0.15) is 18.4 Å². The number of hydrogen-bond donors (Lipinski definition) is 0. The molecule has 0 atom stereocenters. The van der Waals surface area contributed by atoms with Crippen LogP contribution in [0, 0.1) is 5.92 Å². The second-order valence-electron chi connectivity index (χ2n) is 6.74. The van der Waals surface area contributed by atoms with Crippen molar-refractivity contribution in [1.82, 2.24) is 9.55 Å². The molecule has 0 unspecified atom stereocenters. The number of ether oxygens (including phenoxy) is 1. The van der Waals surface area contributed by atoms with Gasteiger partial charge in [-0.05, 0) is 30.4 Å². The summed E-state index contributed by atoms with van der Waals surface area (Å²) in [6.07, 6.45) is 3.33. The molecule has 1 aliphatic heterocycles. The Morgan fingerprint density at radius 2 is 2.00 bits per heavy atom. The van der Waals surface area contributed by atoms with Crippen LogP contribution in [0.4, 0.5) is 0 Å². The molecule has 0 bridgehead atoms. The quantitative estimate of drug-likeness (QED) is 0.743. The van der Waals surface area contributed by atoms with Crippen LogP contribution in [0.3, 0.4) is 0 Å². The number of aromatic nitrogens is 2. The number of nitrogens with zero attached hydrogens (tertiary/aromatic N) is 2. The van der Waals surface area contributed by atoms with Gasteiger partial charge in [0.1, 0.15) is 5.75 Å². The summed E-state index contributed by atoms with van der Waals surface area (Å²) in [5, 5.41) is 1.05. The highest BCUT2D eigenvalue weighted by atomic mass is 16.5. The van der Waals surface area contributed by atoms with E-state index in [1.807, 2.05) is 41.0 Å². The molecule has 0 N–H and O–H groups in total. The Balaban J connectivity index is 1.82. The summed E-state index contributed by atoms with van der Waals surface area (Å²) in [7, 11) is 0. The molecular formula is C20H18N2O2. The Bertz CT molecular complexity index is 988. The van der Waals surface area contributed by atoms with Crippen molar-refractivity contribution >= 4 is 10.9 Å². The van der Waals surface area contributed by atoms with Gasteiger partial charge in [0.05, 0.1) is 17.8 Å². The summed E-state index contributed by atoms with van der Waals surface area (Å²) in [6.45, 7) is 1.48. The molecule has 2 aromatic carbocycles. The monoisotopic (exact) mass is 318 g/mol. The molecule has 1 saturated carbocycles. The van der Waals surface area contributed by atoms with Gasteiger partial charge in [0.15, 0.2) is 0 Å². The fourth-order valence-corrected chi connectivity index (χ4v) is 3.50. The Hall–Kier alpha value is -2.62. The summed E-state index contributed by atoms with van der Waals surface area (Å²) in [4.78, 5) is 17.1. The van der Waals surface area contributed by atoms with Gasteiger partial charge in [-0.2, -0.15) is 4.98 Å². The Morgan fingerprint density at radius 3 is 2.79 bits per heavy atom. The first kappa shape index (κ1) is 13.8. The van der Waals surface area contributed by atoms with E-state index in [1.54, 1.807) is 0 Å². The predicted molar refractivity (Wildman–Crippen MR) is 93.4 cm³/mol. The predicted octanol–water partition coefficient (Wildman–Crippen LogP) is 3.41. The lowest BCUT2D eigenvalue weighted by Crippen LogP contribution is -2.25. The molecule has 0 saturated heterocycles. The fraction of sp³-hybridized carbons (Fsp3) is 0.300. The summed E-state index contributed by atoms with van der Waals surface area (Å²) < 4.78 is 7.57. The van der Waals surface area contributed by atoms with Gasteiger partial charge < -0.3 is 4.74 Å². The van der Waals surface area contributed by atoms with Crippen molar-refractivity contribution in [2.75, 3.05) is 6.61 Å². The largest absolute Gasteiger partial charge is 0.493 e. The van der Waals surface area contributed by atoms with Crippen molar-refractivity contribution in [1.29, 1.82) is 0 Å². The third-order valence-corrected chi connectivity index (χ3v) is 4.98. The molecule has 1 fully saturated rings. The molecular weight excluding hydrogens is 300 g/mol. The third kappa shape index (κ3) is 2.21. The van der Waals surface area contributed by atoms with E-state index in [-0.39, 0.29) is 5.69 Å². The van der Waals surface area contributed by atoms with Gasteiger partial charge in [0, 0.05) is 30.0 Å². The molecule has 24 heavy (non-hydrogen) atoms. The first-order valence-corrected chi connectivity index (χ1v) is 8.55. The summed E-state index contributed by atoms with van der Waals surface area (Å²) in [5.74, 6) is 1.53. The average molecular weight is 318 g/mol. The maximum absolute atomic E-state index is 12.7. The fourth-order valence-electron chi connectivity index (χ4n) is 3.50. The average Bonchev–Trinajstić information content (AvgIpc) is 3.32. The van der Waals surface area contributed by atoms with Crippen molar-refractivity contribution in [3.8, 4) is 17.0 Å². The van der Waals surface area contributed by atoms with E-state index in [1.165, 1.54) is 18.4 Å². The zero-order valence-electron chi connectivity index (χ0n) is 13.4. The Morgan fingerprint density at radius 1 is 1.17 bits per heavy atom. The van der Waals surface area contributed by atoms with Crippen LogP contribution in [0.25, 0.3) is 22.2 Å². The van der Waals surface area contributed by atoms with E-state index >= 15 is 0 Å². The Labute approximate surface area is 139 Å². The van der Waals surface area contributed by atoms with Gasteiger partial charge in [0.2, 0.25) is 0 Å². The number of benzene rings is 2. The van der Waals surface area contributed by atoms with E-state index < -0.39 is 0 Å². The lowest BCUT2D eigenvalue weighted by Gasteiger charge is -2.14. The topological polar surface area (TPSA) is 44.1 Å². The van der Waals surface area contributed by atoms with E-state index in [2.05, 4.69) is 11.1 Å². The molecule has 0 amide bonds. The van der Waals surface area contributed by atoms with Crippen LogP contribution >= 0.6 is 0 Å². The van der Waals surface area contributed by atoms with Crippen LogP contribution < -0.4 is 10.4 Å².